The molecule has 108 valence electrons. The molecule has 3 nitrogen and oxygen atoms in total. The predicted molar refractivity (Wildman–Crippen MR) is 79.2 cm³/mol. The number of carbonyl (C=O) groups is 1. The maximum absolute atomic E-state index is 11.3. The highest BCUT2D eigenvalue weighted by atomic mass is 16.5. The van der Waals surface area contributed by atoms with Crippen molar-refractivity contribution in [3.05, 3.63) is 42.0 Å². The van der Waals surface area contributed by atoms with Gasteiger partial charge in [0.15, 0.2) is 0 Å². The molecule has 0 aliphatic heterocycles. The molecule has 2 rings (SSSR count). The minimum atomic E-state index is -0.391. The zero-order chi connectivity index (χ0) is 14.8. The number of hydrogen-bond acceptors (Lipinski definition) is 3. The molecule has 0 bridgehead atoms. The molecule has 20 heavy (non-hydrogen) atoms. The van der Waals surface area contributed by atoms with E-state index in [-0.39, 0.29) is 18.0 Å². The molecule has 0 heterocycles. The van der Waals surface area contributed by atoms with Gasteiger partial charge in [0.2, 0.25) is 0 Å². The number of ether oxygens (including phenoxy) is 2. The Bertz CT molecular complexity index is 502. The normalized spacial score (nSPS) is 22.5. The van der Waals surface area contributed by atoms with Gasteiger partial charge in [-0.3, -0.25) is 4.79 Å². The summed E-state index contributed by atoms with van der Waals surface area (Å²) in [5, 5.41) is 0. The van der Waals surface area contributed by atoms with Crippen LogP contribution in [-0.2, 0) is 14.3 Å². The molecule has 1 aliphatic rings. The van der Waals surface area contributed by atoms with E-state index < -0.39 is 5.60 Å². The van der Waals surface area contributed by atoms with E-state index in [0.29, 0.717) is 0 Å². The van der Waals surface area contributed by atoms with Crippen LogP contribution in [0.15, 0.2) is 36.4 Å². The molecule has 2 atom stereocenters. The second-order valence-corrected chi connectivity index (χ2v) is 5.69. The van der Waals surface area contributed by atoms with Gasteiger partial charge >= 0.3 is 5.97 Å². The van der Waals surface area contributed by atoms with Crippen LogP contribution in [0.4, 0.5) is 0 Å². The number of carbonyl (C=O) groups excluding carboxylic acids is 1. The molecule has 0 fully saturated rings. The van der Waals surface area contributed by atoms with E-state index in [4.69, 9.17) is 9.47 Å². The summed E-state index contributed by atoms with van der Waals surface area (Å²) in [4.78, 5) is 11.3. The molecule has 1 aliphatic carbocycles. The summed E-state index contributed by atoms with van der Waals surface area (Å²) in [5.74, 6) is -0.201. The van der Waals surface area contributed by atoms with Crippen molar-refractivity contribution in [2.45, 2.75) is 38.9 Å². The number of benzene rings is 1. The summed E-state index contributed by atoms with van der Waals surface area (Å²) < 4.78 is 11.1. The lowest BCUT2D eigenvalue weighted by Crippen LogP contribution is -2.41. The summed E-state index contributed by atoms with van der Waals surface area (Å²) in [6.07, 6.45) is 2.74. The smallest absolute Gasteiger partial charge is 0.302 e. The van der Waals surface area contributed by atoms with Gasteiger partial charge in [-0.2, -0.15) is 0 Å². The van der Waals surface area contributed by atoms with Gasteiger partial charge in [-0.15, -0.1) is 0 Å². The first-order valence-corrected chi connectivity index (χ1v) is 6.93. The third kappa shape index (κ3) is 2.93. The van der Waals surface area contributed by atoms with Crippen LogP contribution in [0.2, 0.25) is 0 Å². The monoisotopic (exact) mass is 274 g/mol. The standard InChI is InChI=1S/C17H22O3/c1-12(18)20-15-11-10-14(13-8-6-5-7-9-13)16(15)17(2,3)19-4/h5-10,15-16H,11H2,1-4H3/t15-,16-/m1/s1. The third-order valence-electron chi connectivity index (χ3n) is 3.98. The highest BCUT2D eigenvalue weighted by molar-refractivity contribution is 5.72. The molecule has 0 saturated heterocycles. The molecule has 0 saturated carbocycles. The molecule has 0 unspecified atom stereocenters. The molecule has 0 radical (unpaired) electrons. The zero-order valence-electron chi connectivity index (χ0n) is 12.6. The number of rotatable bonds is 4. The second kappa shape index (κ2) is 5.80. The van der Waals surface area contributed by atoms with Gasteiger partial charge in [-0.25, -0.2) is 0 Å². The highest BCUT2D eigenvalue weighted by Crippen LogP contribution is 2.43. The number of hydrogen-bond donors (Lipinski definition) is 0. The fourth-order valence-electron chi connectivity index (χ4n) is 2.91. The lowest BCUT2D eigenvalue weighted by atomic mass is 9.81. The predicted octanol–water partition coefficient (Wildman–Crippen LogP) is 3.45. The van der Waals surface area contributed by atoms with E-state index in [1.807, 2.05) is 32.0 Å². The Kier molecular flexibility index (Phi) is 4.29. The Balaban J connectivity index is 2.34. The second-order valence-electron chi connectivity index (χ2n) is 5.69. The van der Waals surface area contributed by atoms with Crippen molar-refractivity contribution < 1.29 is 14.3 Å². The van der Waals surface area contributed by atoms with Crippen LogP contribution in [0, 0.1) is 5.92 Å². The first-order chi connectivity index (χ1) is 9.45. The molecule has 0 spiro atoms. The lowest BCUT2D eigenvalue weighted by Gasteiger charge is -2.36. The minimum absolute atomic E-state index is 0.0406. The number of methoxy groups -OCH3 is 1. The van der Waals surface area contributed by atoms with Crippen molar-refractivity contribution >= 4 is 11.5 Å². The SMILES string of the molecule is COC(C)(C)[C@@H]1C(c2ccccc2)=CC[C@H]1OC(C)=O. The van der Waals surface area contributed by atoms with Crippen LogP contribution in [-0.4, -0.2) is 24.8 Å². The van der Waals surface area contributed by atoms with Gasteiger partial charge in [0.05, 0.1) is 11.5 Å². The van der Waals surface area contributed by atoms with Crippen molar-refractivity contribution in [2.24, 2.45) is 5.92 Å². The van der Waals surface area contributed by atoms with Gasteiger partial charge < -0.3 is 9.47 Å². The van der Waals surface area contributed by atoms with Crippen molar-refractivity contribution in [1.82, 2.24) is 0 Å². The van der Waals surface area contributed by atoms with Crippen LogP contribution in [0.3, 0.4) is 0 Å². The topological polar surface area (TPSA) is 35.5 Å². The first-order valence-electron chi connectivity index (χ1n) is 6.93. The average molecular weight is 274 g/mol. The molecule has 3 heteroatoms. The van der Waals surface area contributed by atoms with Crippen LogP contribution in [0.1, 0.15) is 32.8 Å². The number of esters is 1. The van der Waals surface area contributed by atoms with E-state index in [1.165, 1.54) is 12.5 Å². The van der Waals surface area contributed by atoms with Crippen LogP contribution in [0.5, 0.6) is 0 Å². The molecule has 0 aromatic heterocycles. The van der Waals surface area contributed by atoms with Gasteiger partial charge in [-0.05, 0) is 25.0 Å². The van der Waals surface area contributed by atoms with Gasteiger partial charge in [-0.1, -0.05) is 36.4 Å². The molecule has 0 amide bonds. The Morgan fingerprint density at radius 2 is 1.90 bits per heavy atom. The molecular weight excluding hydrogens is 252 g/mol. The molecular formula is C17H22O3. The van der Waals surface area contributed by atoms with E-state index in [0.717, 1.165) is 12.0 Å². The van der Waals surface area contributed by atoms with Crippen molar-refractivity contribution in [3.8, 4) is 0 Å². The van der Waals surface area contributed by atoms with Crippen molar-refractivity contribution in [2.75, 3.05) is 7.11 Å². The fourth-order valence-corrected chi connectivity index (χ4v) is 2.91. The zero-order valence-corrected chi connectivity index (χ0v) is 12.6. The van der Waals surface area contributed by atoms with Crippen LogP contribution in [0.25, 0.3) is 5.57 Å². The van der Waals surface area contributed by atoms with Crippen LogP contribution < -0.4 is 0 Å². The maximum Gasteiger partial charge on any atom is 0.302 e. The minimum Gasteiger partial charge on any atom is -0.461 e. The first kappa shape index (κ1) is 14.8. The molecule has 1 aromatic carbocycles. The van der Waals surface area contributed by atoms with E-state index >= 15 is 0 Å². The Morgan fingerprint density at radius 3 is 2.45 bits per heavy atom. The van der Waals surface area contributed by atoms with Gasteiger partial charge in [0.25, 0.3) is 0 Å². The van der Waals surface area contributed by atoms with Gasteiger partial charge in [0.1, 0.15) is 6.10 Å². The summed E-state index contributed by atoms with van der Waals surface area (Å²) in [6, 6.07) is 10.2. The largest absolute Gasteiger partial charge is 0.461 e. The van der Waals surface area contributed by atoms with Crippen LogP contribution >= 0.6 is 0 Å². The Hall–Kier alpha value is -1.61. The summed E-state index contributed by atoms with van der Waals surface area (Å²) in [7, 11) is 1.70. The maximum atomic E-state index is 11.3. The molecule has 1 aromatic rings. The Labute approximate surface area is 120 Å². The molecule has 0 N–H and O–H groups in total. The lowest BCUT2D eigenvalue weighted by molar-refractivity contribution is -0.151. The third-order valence-corrected chi connectivity index (χ3v) is 3.98. The van der Waals surface area contributed by atoms with Gasteiger partial charge in [0, 0.05) is 20.5 Å². The fraction of sp³-hybridized carbons (Fsp3) is 0.471. The average Bonchev–Trinajstić information content (AvgIpc) is 2.83. The van der Waals surface area contributed by atoms with Crippen molar-refractivity contribution in [3.63, 3.8) is 0 Å². The Morgan fingerprint density at radius 1 is 1.25 bits per heavy atom. The van der Waals surface area contributed by atoms with Crippen molar-refractivity contribution in [1.29, 1.82) is 0 Å². The highest BCUT2D eigenvalue weighted by Gasteiger charge is 2.43. The van der Waals surface area contributed by atoms with E-state index in [9.17, 15) is 4.79 Å². The van der Waals surface area contributed by atoms with E-state index in [2.05, 4.69) is 18.2 Å². The summed E-state index contributed by atoms with van der Waals surface area (Å²) in [6.45, 7) is 5.53. The summed E-state index contributed by atoms with van der Waals surface area (Å²) >= 11 is 0. The van der Waals surface area contributed by atoms with E-state index in [1.54, 1.807) is 7.11 Å². The summed E-state index contributed by atoms with van der Waals surface area (Å²) in [5.41, 5.74) is 1.97. The quantitative estimate of drug-likeness (QED) is 0.789.